The molecule has 12 nitrogen and oxygen atoms in total. The number of carboxylic acid groups (broad SMARTS) is 4. The molecule has 0 aliphatic rings. The minimum absolute atomic E-state index is 1.83. The number of rotatable bonds is 1. The molecule has 0 aromatic heterocycles. The second kappa shape index (κ2) is 15.5. The Kier molecular flexibility index (Phi) is 23.0. The Morgan fingerprint density at radius 2 is 1.00 bits per heavy atom. The smallest absolute Gasteiger partial charge is 0.450 e. The van der Waals surface area contributed by atoms with E-state index >= 15 is 0 Å². The van der Waals surface area contributed by atoms with Crippen molar-refractivity contribution in [1.29, 1.82) is 0 Å². The molecule has 0 aromatic carbocycles. The minimum atomic E-state index is -4.61. The van der Waals surface area contributed by atoms with Crippen LogP contribution in [0.3, 0.4) is 0 Å². The van der Waals surface area contributed by atoms with Crippen LogP contribution in [-0.4, -0.2) is 57.8 Å². The lowest BCUT2D eigenvalue weighted by Crippen LogP contribution is -1.97. The first-order valence-corrected chi connectivity index (χ1v) is 3.82. The Morgan fingerprint density at radius 1 is 0.938 bits per heavy atom. The van der Waals surface area contributed by atoms with Crippen molar-refractivity contribution >= 4 is 29.5 Å². The lowest BCUT2D eigenvalue weighted by Gasteiger charge is -1.79. The first-order chi connectivity index (χ1) is 7.02. The van der Waals surface area contributed by atoms with Crippen molar-refractivity contribution in [2.24, 2.45) is 0 Å². The summed E-state index contributed by atoms with van der Waals surface area (Å²) < 4.78 is 28.0. The summed E-state index contributed by atoms with van der Waals surface area (Å²) in [5.41, 5.74) is 0. The SMILES string of the molecule is C=O.O=C(O)O.O=C(O)O.O=S(=O)(O)OO. The highest BCUT2D eigenvalue weighted by molar-refractivity contribution is 7.80. The molecule has 0 heterocycles. The molecule has 0 spiro atoms. The highest BCUT2D eigenvalue weighted by Gasteiger charge is 1.97. The fraction of sp³-hybridized carbons (Fsp3) is 0. The summed E-state index contributed by atoms with van der Waals surface area (Å²) in [5.74, 6) is 0. The fourth-order valence-corrected chi connectivity index (χ4v) is 0. The zero-order valence-corrected chi connectivity index (χ0v) is 8.06. The summed E-state index contributed by atoms with van der Waals surface area (Å²) in [4.78, 5) is 25.1. The molecule has 0 unspecified atom stereocenters. The van der Waals surface area contributed by atoms with Crippen molar-refractivity contribution in [2.45, 2.75) is 0 Å². The van der Waals surface area contributed by atoms with Crippen molar-refractivity contribution in [1.82, 2.24) is 0 Å². The van der Waals surface area contributed by atoms with Gasteiger partial charge in [0.25, 0.3) is 0 Å². The van der Waals surface area contributed by atoms with Gasteiger partial charge in [-0.2, -0.15) is 8.42 Å². The van der Waals surface area contributed by atoms with Gasteiger partial charge < -0.3 is 25.2 Å². The summed E-state index contributed by atoms with van der Waals surface area (Å²) in [5, 5.41) is 35.0. The Morgan fingerprint density at radius 3 is 1.00 bits per heavy atom. The zero-order chi connectivity index (χ0) is 14.4. The Labute approximate surface area is 87.8 Å². The minimum Gasteiger partial charge on any atom is -0.450 e. The van der Waals surface area contributed by atoms with E-state index < -0.39 is 22.7 Å². The first kappa shape index (κ1) is 23.7. The zero-order valence-electron chi connectivity index (χ0n) is 7.25. The quantitative estimate of drug-likeness (QED) is 0.202. The van der Waals surface area contributed by atoms with Gasteiger partial charge in [0.05, 0.1) is 0 Å². The summed E-state index contributed by atoms with van der Waals surface area (Å²) in [6.07, 6.45) is -3.67. The lowest BCUT2D eigenvalue weighted by molar-refractivity contribution is -0.139. The molecule has 98 valence electrons. The normalized spacial score (nSPS) is 7.62. The van der Waals surface area contributed by atoms with Crippen LogP contribution in [0.25, 0.3) is 0 Å². The van der Waals surface area contributed by atoms with E-state index in [9.17, 15) is 0 Å². The van der Waals surface area contributed by atoms with Crippen LogP contribution in [0.1, 0.15) is 0 Å². The van der Waals surface area contributed by atoms with E-state index in [1.807, 2.05) is 6.79 Å². The molecule has 0 radical (unpaired) electrons. The molecule has 0 bridgehead atoms. The molecule has 0 atom stereocenters. The van der Waals surface area contributed by atoms with Crippen molar-refractivity contribution in [2.75, 3.05) is 0 Å². The maximum absolute atomic E-state index is 9.08. The van der Waals surface area contributed by atoms with E-state index in [-0.39, 0.29) is 0 Å². The van der Waals surface area contributed by atoms with Crippen LogP contribution >= 0.6 is 0 Å². The van der Waals surface area contributed by atoms with E-state index in [1.54, 1.807) is 0 Å². The third-order valence-corrected chi connectivity index (χ3v) is 0.283. The molecule has 0 aromatic rings. The van der Waals surface area contributed by atoms with Gasteiger partial charge in [-0.15, -0.1) is 0 Å². The summed E-state index contributed by atoms with van der Waals surface area (Å²) in [6.45, 7) is 2.00. The van der Waals surface area contributed by atoms with Gasteiger partial charge in [0.15, 0.2) is 0 Å². The Balaban J connectivity index is -0.0000000643. The predicted molar refractivity (Wildman–Crippen MR) is 43.7 cm³/mol. The van der Waals surface area contributed by atoms with Gasteiger partial charge in [-0.3, -0.25) is 4.55 Å². The van der Waals surface area contributed by atoms with E-state index in [4.69, 9.17) is 53.0 Å². The third kappa shape index (κ3) is 1360. The van der Waals surface area contributed by atoms with E-state index in [1.165, 1.54) is 0 Å². The van der Waals surface area contributed by atoms with Crippen LogP contribution in [0.4, 0.5) is 9.59 Å². The van der Waals surface area contributed by atoms with Crippen molar-refractivity contribution in [3.8, 4) is 0 Å². The second-order valence-corrected chi connectivity index (χ2v) is 2.07. The molecule has 6 N–H and O–H groups in total. The molecule has 13 heteroatoms. The standard InChI is InChI=1S/2CH2O3.CH2O.H2O5S/c2*2-1(3)4;1-2;1-5-6(2,3)4/h2*(H2,2,3,4);1H2;1H,(H,2,3,4). The monoisotopic (exact) mass is 268 g/mol. The van der Waals surface area contributed by atoms with Gasteiger partial charge in [0.2, 0.25) is 0 Å². The molecule has 0 aliphatic carbocycles. The van der Waals surface area contributed by atoms with E-state index in [0.717, 1.165) is 0 Å². The van der Waals surface area contributed by atoms with Gasteiger partial charge >= 0.3 is 22.7 Å². The van der Waals surface area contributed by atoms with Crippen LogP contribution in [0.2, 0.25) is 0 Å². The number of carbonyl (C=O) groups excluding carboxylic acids is 1. The van der Waals surface area contributed by atoms with Gasteiger partial charge in [0.1, 0.15) is 6.79 Å². The molecule has 0 saturated heterocycles. The van der Waals surface area contributed by atoms with Crippen LogP contribution < -0.4 is 0 Å². The average molecular weight is 268 g/mol. The molecule has 16 heavy (non-hydrogen) atoms. The Hall–Kier alpha value is -1.96. The molecular formula is C3H8O12S. The predicted octanol–water partition coefficient (Wildman–Crippen LogP) is -0.461. The molecule has 0 aliphatic heterocycles. The number of carbonyl (C=O) groups is 3. The number of hydrogen-bond donors (Lipinski definition) is 6. The lowest BCUT2D eigenvalue weighted by atomic mass is 11.5. The van der Waals surface area contributed by atoms with E-state index in [0.29, 0.717) is 0 Å². The topological polar surface area (TPSA) is 216 Å². The largest absolute Gasteiger partial charge is 0.503 e. The van der Waals surface area contributed by atoms with Crippen molar-refractivity contribution < 1.29 is 57.4 Å². The van der Waals surface area contributed by atoms with Gasteiger partial charge in [-0.1, -0.05) is 4.33 Å². The Bertz CT molecular complexity index is 244. The fourth-order valence-electron chi connectivity index (χ4n) is 0. The molecule has 0 fully saturated rings. The summed E-state index contributed by atoms with van der Waals surface area (Å²) >= 11 is 0. The van der Waals surface area contributed by atoms with Gasteiger partial charge in [0, 0.05) is 0 Å². The molecule has 0 saturated carbocycles. The van der Waals surface area contributed by atoms with Crippen LogP contribution in [0, 0.1) is 0 Å². The second-order valence-electron chi connectivity index (χ2n) is 1.07. The van der Waals surface area contributed by atoms with Crippen LogP contribution in [-0.2, 0) is 19.5 Å². The molecule has 0 rings (SSSR count). The highest BCUT2D eigenvalue weighted by atomic mass is 32.3. The van der Waals surface area contributed by atoms with Gasteiger partial charge in [-0.25, -0.2) is 14.8 Å². The van der Waals surface area contributed by atoms with E-state index in [2.05, 4.69) is 4.33 Å². The van der Waals surface area contributed by atoms with Gasteiger partial charge in [-0.05, 0) is 0 Å². The summed E-state index contributed by atoms with van der Waals surface area (Å²) in [7, 11) is -4.61. The molecular weight excluding hydrogens is 260 g/mol. The maximum Gasteiger partial charge on any atom is 0.503 e. The number of hydrogen-bond acceptors (Lipinski definition) is 7. The van der Waals surface area contributed by atoms with Crippen molar-refractivity contribution in [3.63, 3.8) is 0 Å². The van der Waals surface area contributed by atoms with Crippen LogP contribution in [0.5, 0.6) is 0 Å². The first-order valence-electron chi connectivity index (χ1n) is 2.46. The third-order valence-electron chi connectivity index (χ3n) is 0.0942. The molecule has 0 amide bonds. The maximum atomic E-state index is 9.08. The average Bonchev–Trinajstić information content (AvgIpc) is 2.04. The highest BCUT2D eigenvalue weighted by Crippen LogP contribution is 1.74. The van der Waals surface area contributed by atoms with Crippen LogP contribution in [0.15, 0.2) is 0 Å². The van der Waals surface area contributed by atoms with Crippen molar-refractivity contribution in [3.05, 3.63) is 0 Å². The summed E-state index contributed by atoms with van der Waals surface area (Å²) in [6, 6.07) is 0.